The number of carbonyl (C=O) groups is 19. The van der Waals surface area contributed by atoms with Gasteiger partial charge < -0.3 is 111 Å². The van der Waals surface area contributed by atoms with Crippen LogP contribution in [0, 0.1) is 17.8 Å². The molecule has 1 fully saturated rings. The summed E-state index contributed by atoms with van der Waals surface area (Å²) in [5.74, 6) is -26.8. The van der Waals surface area contributed by atoms with E-state index in [-0.39, 0.29) is 38.6 Å². The van der Waals surface area contributed by atoms with E-state index in [1.807, 2.05) is 0 Å². The molecular weight excluding hydrogens is 1450 g/mol. The van der Waals surface area contributed by atoms with Crippen molar-refractivity contribution in [1.29, 1.82) is 0 Å². The lowest BCUT2D eigenvalue weighted by atomic mass is 9.94. The zero-order chi connectivity index (χ0) is 82.6. The molecule has 0 spiro atoms. The van der Waals surface area contributed by atoms with Crippen LogP contribution in [0.25, 0.3) is 10.9 Å². The van der Waals surface area contributed by atoms with Gasteiger partial charge >= 0.3 is 29.8 Å². The molecule has 0 bridgehead atoms. The molecule has 1 aliphatic heterocycles. The highest BCUT2D eigenvalue weighted by molar-refractivity contribution is 6.02. The van der Waals surface area contributed by atoms with E-state index in [9.17, 15) is 112 Å². The maximum atomic E-state index is 14.7. The van der Waals surface area contributed by atoms with Gasteiger partial charge in [-0.2, -0.15) is 0 Å². The van der Waals surface area contributed by atoms with Gasteiger partial charge in [0.05, 0.1) is 45.2 Å². The van der Waals surface area contributed by atoms with Crippen molar-refractivity contribution in [2.75, 3.05) is 19.6 Å². The van der Waals surface area contributed by atoms with Crippen LogP contribution in [-0.2, 0) is 102 Å². The number of carboxylic acids is 4. The van der Waals surface area contributed by atoms with Gasteiger partial charge in [0.2, 0.25) is 82.7 Å². The first-order valence-corrected chi connectivity index (χ1v) is 36.2. The molecule has 14 unspecified atom stereocenters. The minimum Gasteiger partial charge on any atom is -0.481 e. The highest BCUT2D eigenvalue weighted by Crippen LogP contribution is 2.21. The van der Waals surface area contributed by atoms with E-state index in [4.69, 9.17) is 16.2 Å². The van der Waals surface area contributed by atoms with E-state index in [1.54, 1.807) is 37.4 Å². The summed E-state index contributed by atoms with van der Waals surface area (Å²) in [7, 11) is 0. The normalized spacial score (nSPS) is 22.0. The number of unbranched alkanes of at least 4 members (excludes halogenated alkanes) is 5. The van der Waals surface area contributed by atoms with E-state index in [0.29, 0.717) is 35.2 Å². The third kappa shape index (κ3) is 33.0. The van der Waals surface area contributed by atoms with Gasteiger partial charge in [-0.15, -0.1) is 0 Å². The number of rotatable bonds is 34. The molecule has 22 N–H and O–H groups in total. The number of carboxylic acid groups (broad SMARTS) is 4. The van der Waals surface area contributed by atoms with Gasteiger partial charge in [0.15, 0.2) is 0 Å². The molecule has 2 heterocycles. The maximum absolute atomic E-state index is 14.7. The highest BCUT2D eigenvalue weighted by Gasteiger charge is 2.41. The molecule has 1 saturated heterocycles. The summed E-state index contributed by atoms with van der Waals surface area (Å²) >= 11 is 0. The van der Waals surface area contributed by atoms with Crippen LogP contribution in [0.1, 0.15) is 164 Å². The summed E-state index contributed by atoms with van der Waals surface area (Å²) in [6.07, 6.45) is -0.156. The molecule has 1 aromatic carbocycles. The Balaban J connectivity index is 2.17. The lowest BCUT2D eigenvalue weighted by Gasteiger charge is -2.31. The van der Waals surface area contributed by atoms with Crippen molar-refractivity contribution >= 4 is 123 Å². The van der Waals surface area contributed by atoms with Gasteiger partial charge in [-0.25, -0.2) is 4.79 Å². The second-order valence-corrected chi connectivity index (χ2v) is 27.5. The quantitative estimate of drug-likeness (QED) is 0.0236. The lowest BCUT2D eigenvalue weighted by Crippen LogP contribution is -2.62. The second kappa shape index (κ2) is 46.8. The van der Waals surface area contributed by atoms with E-state index in [1.165, 1.54) is 13.8 Å². The predicted octanol–water partition coefficient (Wildman–Crippen LogP) is -3.77. The number of benzene rings is 1. The van der Waals surface area contributed by atoms with Crippen LogP contribution in [0.2, 0.25) is 0 Å². The number of amides is 14. The largest absolute Gasteiger partial charge is 0.481 e. The molecular formula is C70H106N16O24. The Morgan fingerprint density at radius 1 is 0.536 bits per heavy atom. The molecule has 3 rings (SSSR count). The van der Waals surface area contributed by atoms with Crippen LogP contribution in [0.15, 0.2) is 30.5 Å². The molecule has 40 heteroatoms. The molecule has 1 aromatic heterocycles. The van der Waals surface area contributed by atoms with E-state index in [2.05, 4.69) is 87.9 Å². The van der Waals surface area contributed by atoms with Gasteiger partial charge in [-0.05, 0) is 76.0 Å². The zero-order valence-electron chi connectivity index (χ0n) is 62.8. The number of cyclic esters (lactones) is 1. The maximum Gasteiger partial charge on any atom is 0.329 e. The molecule has 2 aromatic rings. The minimum absolute atomic E-state index is 0.00816. The highest BCUT2D eigenvalue weighted by atomic mass is 16.5. The fourth-order valence-electron chi connectivity index (χ4n) is 11.4. The Kier molecular flexibility index (Phi) is 39.5. The van der Waals surface area contributed by atoms with Crippen LogP contribution in [0.5, 0.6) is 0 Å². The number of fused-ring (bicyclic) bond motifs is 1. The number of ether oxygens (including phenoxy) is 1. The van der Waals surface area contributed by atoms with E-state index in [0.717, 1.165) is 52.9 Å². The van der Waals surface area contributed by atoms with Gasteiger partial charge in [0.1, 0.15) is 72.6 Å². The van der Waals surface area contributed by atoms with Crippen molar-refractivity contribution in [3.05, 3.63) is 36.0 Å². The number of carbonyl (C=O) groups excluding carboxylic acids is 15. The molecule has 0 radical (unpaired) electrons. The summed E-state index contributed by atoms with van der Waals surface area (Å²) < 4.78 is 5.74. The standard InChI is InChI=1S/C70H106N16O24/c1-9-35(4)58-70(109)110-39(8)59(86-67(106)48(30-56(97)98)83-66(105)45(27-49(72)87)81-65(104)44(26-40-31-73-42-21-17-16-20-41(40)42)79-50(88)23-15-13-11-10-12-14-19-34(2)3)68(107)75-33-52(90)78-43(22-18-24-71)63(102)82-47(29-55(95)96)64(103)77-38(7)60(99)80-46(28-54(93)94)62(101)74-32-51(89)76-37(6)61(100)84-57(69(108)85-58)36(5)25-53(91)92/h16-17,20-21,31,34-39,43-48,57-59,73H,9-15,18-19,22-30,32-33,71H2,1-8H3,(H2,72,87)(H,74,101)(H,75,107)(H,76,89)(H,77,103)(H,78,90)(H,79,88)(H,80,99)(H,81,104)(H,82,102)(H,83,105)(H,84,100)(H,85,108)(H,86,106)(H,91,92)(H,93,94)(H,95,96)(H,97,98). The molecule has 0 aliphatic carbocycles. The number of para-hydroxylation sites is 1. The first kappa shape index (κ1) is 92.9. The number of nitrogens with two attached hydrogens (primary N) is 2. The number of hydrogen-bond acceptors (Lipinski definition) is 21. The van der Waals surface area contributed by atoms with Gasteiger partial charge in [0.25, 0.3) is 0 Å². The van der Waals surface area contributed by atoms with Gasteiger partial charge in [-0.3, -0.25) is 86.3 Å². The first-order chi connectivity index (χ1) is 51.7. The Hall–Kier alpha value is -11.4. The van der Waals surface area contributed by atoms with Crippen molar-refractivity contribution in [1.82, 2.24) is 74.1 Å². The number of H-pyrrole nitrogens is 1. The van der Waals surface area contributed by atoms with Crippen molar-refractivity contribution < 1.29 is 116 Å². The summed E-state index contributed by atoms with van der Waals surface area (Å²) in [5.41, 5.74) is 12.5. The smallest absolute Gasteiger partial charge is 0.329 e. The molecule has 0 saturated carbocycles. The number of hydrogen-bond donors (Lipinski definition) is 20. The van der Waals surface area contributed by atoms with Crippen LogP contribution < -0.4 is 80.6 Å². The van der Waals surface area contributed by atoms with Crippen LogP contribution in [0.3, 0.4) is 0 Å². The average molecular weight is 1560 g/mol. The third-order valence-corrected chi connectivity index (χ3v) is 17.7. The number of aromatic amines is 1. The van der Waals surface area contributed by atoms with Crippen LogP contribution >= 0.6 is 0 Å². The fourth-order valence-corrected chi connectivity index (χ4v) is 11.4. The number of aromatic nitrogens is 1. The first-order valence-electron chi connectivity index (χ1n) is 36.2. The van der Waals surface area contributed by atoms with Crippen molar-refractivity contribution in [2.24, 2.45) is 29.2 Å². The van der Waals surface area contributed by atoms with E-state index >= 15 is 0 Å². The number of aliphatic carboxylic acids is 4. The van der Waals surface area contributed by atoms with Gasteiger partial charge in [-0.1, -0.05) is 97.8 Å². The van der Waals surface area contributed by atoms with Crippen molar-refractivity contribution in [3.63, 3.8) is 0 Å². The van der Waals surface area contributed by atoms with E-state index < -0.39 is 242 Å². The van der Waals surface area contributed by atoms with Crippen molar-refractivity contribution in [3.8, 4) is 0 Å². The van der Waals surface area contributed by atoms with Crippen LogP contribution in [0.4, 0.5) is 0 Å². The number of nitrogens with one attached hydrogen (secondary N) is 14. The monoisotopic (exact) mass is 1550 g/mol. The topological polar surface area (TPSA) is 639 Å². The predicted molar refractivity (Wildman–Crippen MR) is 388 cm³/mol. The zero-order valence-corrected chi connectivity index (χ0v) is 62.8. The summed E-state index contributed by atoms with van der Waals surface area (Å²) in [5, 5.41) is 69.2. The Bertz CT molecular complexity index is 3620. The number of primary amides is 1. The second-order valence-electron chi connectivity index (χ2n) is 27.5. The number of esters is 1. The van der Waals surface area contributed by atoms with Crippen molar-refractivity contribution in [2.45, 2.75) is 237 Å². The lowest BCUT2D eigenvalue weighted by molar-refractivity contribution is -0.157. The summed E-state index contributed by atoms with van der Waals surface area (Å²) in [6.45, 7) is 9.28. The Morgan fingerprint density at radius 2 is 1.06 bits per heavy atom. The molecule has 610 valence electrons. The molecule has 14 amide bonds. The molecule has 1 aliphatic rings. The average Bonchev–Trinajstić information content (AvgIpc) is 1.52. The van der Waals surface area contributed by atoms with Crippen LogP contribution in [-0.4, -0.2) is 230 Å². The minimum atomic E-state index is -2.29. The molecule has 110 heavy (non-hydrogen) atoms. The molecule has 40 nitrogen and oxygen atoms in total. The molecule has 14 atom stereocenters. The van der Waals surface area contributed by atoms with Gasteiger partial charge in [0, 0.05) is 29.9 Å². The third-order valence-electron chi connectivity index (χ3n) is 17.7. The Labute approximate surface area is 633 Å². The fraction of sp³-hybridized carbons (Fsp3) is 0.614. The SMILES string of the molecule is CCC(C)C1NC(=O)C(C(C)CC(=O)O)NC(=O)C(C)NC(=O)CNC(=O)C(CC(=O)O)NC(=O)C(C)NC(=O)C(CC(=O)O)NC(=O)C(CCCN)NC(=O)CNC(=O)C(NC(=O)C(CC(=O)O)NC(=O)C(CC(N)=O)NC(=O)C(Cc2c[nH]c3ccccc23)NC(=O)CCCCCCCCC(C)C)C(C)OC1=O. The Morgan fingerprint density at radius 3 is 1.65 bits per heavy atom. The summed E-state index contributed by atoms with van der Waals surface area (Å²) in [4.78, 5) is 260. The summed E-state index contributed by atoms with van der Waals surface area (Å²) in [6, 6.07) is -13.8.